The van der Waals surface area contributed by atoms with Crippen LogP contribution in [0.15, 0.2) is 66.9 Å². The molecule has 0 aliphatic heterocycles. The van der Waals surface area contributed by atoms with E-state index in [-0.39, 0.29) is 18.3 Å². The Labute approximate surface area is 201 Å². The summed E-state index contributed by atoms with van der Waals surface area (Å²) in [4.78, 5) is 19.5. The molecule has 4 aromatic rings. The molecule has 0 aliphatic carbocycles. The number of benzene rings is 2. The number of aromatic nitrogens is 2. The lowest BCUT2D eigenvalue weighted by molar-refractivity contribution is -0.0498. The Bertz CT molecular complexity index is 1300. The lowest BCUT2D eigenvalue weighted by Crippen LogP contribution is -2.28. The van der Waals surface area contributed by atoms with Crippen molar-refractivity contribution >= 4 is 17.4 Å². The van der Waals surface area contributed by atoms with Gasteiger partial charge >= 0.3 is 6.61 Å². The molecule has 0 atom stereocenters. The number of amides is 1. The third kappa shape index (κ3) is 5.18. The van der Waals surface area contributed by atoms with E-state index in [1.807, 2.05) is 23.6 Å². The van der Waals surface area contributed by atoms with Crippen molar-refractivity contribution in [3.63, 3.8) is 0 Å². The van der Waals surface area contributed by atoms with Gasteiger partial charge in [0.2, 0.25) is 0 Å². The maximum atomic E-state index is 13.2. The molecule has 1 amide bonds. The number of fused-ring (bicyclic) bond motifs is 1. The summed E-state index contributed by atoms with van der Waals surface area (Å²) in [6, 6.07) is 16.8. The second kappa shape index (κ2) is 10.4. The summed E-state index contributed by atoms with van der Waals surface area (Å²) in [5, 5.41) is 0. The smallest absolute Gasteiger partial charge is 0.387 e. The van der Waals surface area contributed by atoms with E-state index in [9.17, 15) is 13.6 Å². The van der Waals surface area contributed by atoms with Crippen molar-refractivity contribution in [1.29, 1.82) is 0 Å². The first-order chi connectivity index (χ1) is 16.9. The third-order valence-electron chi connectivity index (χ3n) is 5.50. The normalized spacial score (nSPS) is 11.0. The molecule has 35 heavy (non-hydrogen) atoms. The predicted molar refractivity (Wildman–Crippen MR) is 128 cm³/mol. The van der Waals surface area contributed by atoms with Gasteiger partial charge in [-0.3, -0.25) is 14.1 Å². The Morgan fingerprint density at radius 1 is 1.06 bits per heavy atom. The van der Waals surface area contributed by atoms with Gasteiger partial charge in [-0.1, -0.05) is 19.1 Å². The second-order valence-electron chi connectivity index (χ2n) is 7.71. The van der Waals surface area contributed by atoms with Crippen LogP contribution in [-0.2, 0) is 13.0 Å². The van der Waals surface area contributed by atoms with Crippen LogP contribution in [0.2, 0.25) is 0 Å². The van der Waals surface area contributed by atoms with Gasteiger partial charge in [0.15, 0.2) is 11.4 Å². The number of hydrogen-bond acceptors (Lipinski definition) is 5. The molecular formula is C26H25F2N3O4. The zero-order valence-electron chi connectivity index (χ0n) is 19.6. The first-order valence-corrected chi connectivity index (χ1v) is 11.0. The molecule has 0 N–H and O–H groups in total. The standard InChI is InChI=1S/C26H25F2N3O4/c1-4-21-24(30(2)25(32)18-9-13-19(33-3)14-10-18)31-15-5-6-22(23(31)29-21)34-16-17-7-11-20(12-8-17)35-26(27)28/h5-15,26H,4,16H2,1-3H3. The van der Waals surface area contributed by atoms with Crippen LogP contribution in [0.3, 0.4) is 0 Å². The van der Waals surface area contributed by atoms with E-state index in [4.69, 9.17) is 14.5 Å². The van der Waals surface area contributed by atoms with Gasteiger partial charge in [-0.15, -0.1) is 0 Å². The van der Waals surface area contributed by atoms with E-state index in [1.54, 1.807) is 61.5 Å². The van der Waals surface area contributed by atoms with E-state index in [0.717, 1.165) is 11.3 Å². The minimum Gasteiger partial charge on any atom is -0.497 e. The molecule has 0 aliphatic rings. The average Bonchev–Trinajstić information content (AvgIpc) is 3.26. The highest BCUT2D eigenvalue weighted by Gasteiger charge is 2.22. The van der Waals surface area contributed by atoms with Crippen LogP contribution >= 0.6 is 0 Å². The molecule has 2 aromatic carbocycles. The van der Waals surface area contributed by atoms with Gasteiger partial charge in [-0.25, -0.2) is 4.98 Å². The maximum absolute atomic E-state index is 13.2. The summed E-state index contributed by atoms with van der Waals surface area (Å²) in [6.45, 7) is -0.689. The van der Waals surface area contributed by atoms with Crippen LogP contribution < -0.4 is 19.1 Å². The molecule has 7 nitrogen and oxygen atoms in total. The quantitative estimate of drug-likeness (QED) is 0.322. The highest BCUT2D eigenvalue weighted by Crippen LogP contribution is 2.29. The summed E-state index contributed by atoms with van der Waals surface area (Å²) >= 11 is 0. The number of rotatable bonds is 9. The predicted octanol–water partition coefficient (Wildman–Crippen LogP) is 5.36. The van der Waals surface area contributed by atoms with Crippen molar-refractivity contribution in [2.24, 2.45) is 0 Å². The molecule has 9 heteroatoms. The van der Waals surface area contributed by atoms with Crippen molar-refractivity contribution in [3.05, 3.63) is 83.7 Å². The number of ether oxygens (including phenoxy) is 3. The molecule has 0 unspecified atom stereocenters. The molecule has 0 bridgehead atoms. The molecule has 0 saturated heterocycles. The van der Waals surface area contributed by atoms with Gasteiger partial charge in [0.25, 0.3) is 5.91 Å². The van der Waals surface area contributed by atoms with Gasteiger partial charge < -0.3 is 14.2 Å². The Hall–Kier alpha value is -4.14. The Morgan fingerprint density at radius 2 is 1.74 bits per heavy atom. The maximum Gasteiger partial charge on any atom is 0.387 e. The van der Waals surface area contributed by atoms with E-state index < -0.39 is 6.61 Å². The van der Waals surface area contributed by atoms with E-state index in [0.29, 0.717) is 34.9 Å². The summed E-state index contributed by atoms with van der Waals surface area (Å²) < 4.78 is 42.1. The van der Waals surface area contributed by atoms with Crippen molar-refractivity contribution < 1.29 is 27.8 Å². The van der Waals surface area contributed by atoms with Crippen LogP contribution in [0, 0.1) is 0 Å². The number of nitrogens with zero attached hydrogens (tertiary/aromatic N) is 3. The number of imidazole rings is 1. The highest BCUT2D eigenvalue weighted by molar-refractivity contribution is 6.06. The second-order valence-corrected chi connectivity index (χ2v) is 7.71. The first-order valence-electron chi connectivity index (χ1n) is 11.0. The van der Waals surface area contributed by atoms with Gasteiger partial charge in [0.1, 0.15) is 23.9 Å². The average molecular weight is 481 g/mol. The Balaban J connectivity index is 1.59. The Kier molecular flexibility index (Phi) is 7.14. The number of aryl methyl sites for hydroxylation is 1. The van der Waals surface area contributed by atoms with Crippen molar-refractivity contribution in [1.82, 2.24) is 9.38 Å². The van der Waals surface area contributed by atoms with E-state index in [1.165, 1.54) is 12.1 Å². The largest absolute Gasteiger partial charge is 0.497 e. The number of pyridine rings is 1. The third-order valence-corrected chi connectivity index (χ3v) is 5.50. The Morgan fingerprint density at radius 3 is 2.37 bits per heavy atom. The first kappa shape index (κ1) is 24.0. The zero-order valence-corrected chi connectivity index (χ0v) is 19.6. The van der Waals surface area contributed by atoms with Crippen LogP contribution in [-0.4, -0.2) is 36.1 Å². The summed E-state index contributed by atoms with van der Waals surface area (Å²) in [7, 11) is 3.29. The van der Waals surface area contributed by atoms with Crippen molar-refractivity contribution in [3.8, 4) is 17.2 Å². The number of carbonyl (C=O) groups is 1. The summed E-state index contributed by atoms with van der Waals surface area (Å²) in [5.74, 6) is 1.77. The number of carbonyl (C=O) groups excluding carboxylic acids is 1. The lowest BCUT2D eigenvalue weighted by Gasteiger charge is -2.18. The molecule has 4 rings (SSSR count). The number of hydrogen-bond donors (Lipinski definition) is 0. The zero-order chi connectivity index (χ0) is 24.9. The summed E-state index contributed by atoms with van der Waals surface area (Å²) in [5.41, 5.74) is 2.63. The van der Waals surface area contributed by atoms with Gasteiger partial charge in [0, 0.05) is 18.8 Å². The van der Waals surface area contributed by atoms with Gasteiger partial charge in [0.05, 0.1) is 12.8 Å². The molecule has 0 spiro atoms. The fourth-order valence-corrected chi connectivity index (χ4v) is 3.73. The number of alkyl halides is 2. The number of anilines is 1. The van der Waals surface area contributed by atoms with Crippen LogP contribution in [0.1, 0.15) is 28.5 Å². The van der Waals surface area contributed by atoms with Gasteiger partial charge in [-0.2, -0.15) is 8.78 Å². The van der Waals surface area contributed by atoms with Crippen LogP contribution in [0.5, 0.6) is 17.2 Å². The number of methoxy groups -OCH3 is 1. The monoisotopic (exact) mass is 481 g/mol. The van der Waals surface area contributed by atoms with Crippen molar-refractivity contribution in [2.75, 3.05) is 19.1 Å². The van der Waals surface area contributed by atoms with E-state index >= 15 is 0 Å². The van der Waals surface area contributed by atoms with Crippen LogP contribution in [0.4, 0.5) is 14.6 Å². The molecule has 0 radical (unpaired) electrons. The molecule has 0 saturated carbocycles. The minimum atomic E-state index is -2.87. The topological polar surface area (TPSA) is 65.3 Å². The minimum absolute atomic E-state index is 0.0842. The number of halogens is 2. The molecule has 2 aromatic heterocycles. The molecular weight excluding hydrogens is 456 g/mol. The lowest BCUT2D eigenvalue weighted by atomic mass is 10.2. The molecule has 2 heterocycles. The van der Waals surface area contributed by atoms with Crippen LogP contribution in [0.25, 0.3) is 5.65 Å². The van der Waals surface area contributed by atoms with Gasteiger partial charge in [-0.05, 0) is 60.5 Å². The SMILES string of the molecule is CCc1nc2c(OCc3ccc(OC(F)F)cc3)cccn2c1N(C)C(=O)c1ccc(OC)cc1. The summed E-state index contributed by atoms with van der Waals surface area (Å²) in [6.07, 6.45) is 2.44. The van der Waals surface area contributed by atoms with Crippen molar-refractivity contribution in [2.45, 2.75) is 26.6 Å². The molecule has 182 valence electrons. The highest BCUT2D eigenvalue weighted by atomic mass is 19.3. The fourth-order valence-electron chi connectivity index (χ4n) is 3.73. The fraction of sp³-hybridized carbons (Fsp3) is 0.231. The van der Waals surface area contributed by atoms with E-state index in [2.05, 4.69) is 4.74 Å². The molecule has 0 fully saturated rings.